The summed E-state index contributed by atoms with van der Waals surface area (Å²) in [5, 5.41) is 0. The molecule has 0 heterocycles. The van der Waals surface area contributed by atoms with Crippen molar-refractivity contribution in [1.29, 1.82) is 0 Å². The van der Waals surface area contributed by atoms with E-state index >= 15 is 0 Å². The Balaban J connectivity index is 3.26. The van der Waals surface area contributed by atoms with Crippen molar-refractivity contribution in [2.45, 2.75) is 97.4 Å². The highest BCUT2D eigenvalue weighted by molar-refractivity contribution is 5.75. The topological polar surface area (TPSA) is 52.3 Å². The molecule has 0 aliphatic carbocycles. The molecule has 2 N–H and O–H groups in total. The van der Waals surface area contributed by atoms with E-state index in [1.807, 2.05) is 0 Å². The molecule has 0 aromatic rings. The number of nitrogens with two attached hydrogens (primary N) is 1. The van der Waals surface area contributed by atoms with E-state index in [-0.39, 0.29) is 5.97 Å². The lowest BCUT2D eigenvalue weighted by molar-refractivity contribution is -0.145. The van der Waals surface area contributed by atoms with Crippen molar-refractivity contribution in [3.8, 4) is 0 Å². The van der Waals surface area contributed by atoms with Crippen LogP contribution in [0.2, 0.25) is 0 Å². The van der Waals surface area contributed by atoms with Gasteiger partial charge in [0.25, 0.3) is 0 Å². The summed E-state index contributed by atoms with van der Waals surface area (Å²) in [6.07, 6.45) is 13.6. The second kappa shape index (κ2) is 14.4. The Labute approximate surface area is 132 Å². The lowest BCUT2D eigenvalue weighted by atomic mass is 10.0. The lowest BCUT2D eigenvalue weighted by Crippen LogP contribution is -2.33. The standard InChI is InChI=1S/C18H37NO2/c1-4-5-6-7-8-9-10-11-12-13-14-21-18(20)17(19)15-16(2)3/h16-17H,4-15,19H2,1-3H3. The van der Waals surface area contributed by atoms with E-state index in [0.717, 1.165) is 12.8 Å². The molecule has 0 amide bonds. The zero-order chi connectivity index (χ0) is 15.9. The van der Waals surface area contributed by atoms with Crippen molar-refractivity contribution in [2.75, 3.05) is 6.61 Å². The zero-order valence-corrected chi connectivity index (χ0v) is 14.5. The molecular weight excluding hydrogens is 262 g/mol. The van der Waals surface area contributed by atoms with Gasteiger partial charge < -0.3 is 10.5 Å². The first kappa shape index (κ1) is 20.4. The van der Waals surface area contributed by atoms with Gasteiger partial charge in [-0.3, -0.25) is 4.79 Å². The summed E-state index contributed by atoms with van der Waals surface area (Å²) >= 11 is 0. The predicted octanol–water partition coefficient (Wildman–Crippen LogP) is 4.82. The van der Waals surface area contributed by atoms with Gasteiger partial charge in [0.05, 0.1) is 6.61 Å². The maximum Gasteiger partial charge on any atom is 0.322 e. The molecule has 0 fully saturated rings. The molecule has 0 aromatic carbocycles. The molecule has 1 unspecified atom stereocenters. The van der Waals surface area contributed by atoms with Crippen LogP contribution in [0.25, 0.3) is 0 Å². The summed E-state index contributed by atoms with van der Waals surface area (Å²) in [4.78, 5) is 11.6. The molecule has 0 bridgehead atoms. The Morgan fingerprint density at radius 3 is 1.86 bits per heavy atom. The first-order valence-electron chi connectivity index (χ1n) is 9.00. The summed E-state index contributed by atoms with van der Waals surface area (Å²) in [7, 11) is 0. The normalized spacial score (nSPS) is 12.6. The van der Waals surface area contributed by atoms with E-state index < -0.39 is 6.04 Å². The number of carbonyl (C=O) groups excluding carboxylic acids is 1. The van der Waals surface area contributed by atoms with Crippen LogP contribution in [0.4, 0.5) is 0 Å². The van der Waals surface area contributed by atoms with Gasteiger partial charge in [-0.1, -0.05) is 78.6 Å². The molecule has 0 saturated carbocycles. The van der Waals surface area contributed by atoms with Gasteiger partial charge in [-0.05, 0) is 18.8 Å². The highest BCUT2D eigenvalue weighted by atomic mass is 16.5. The molecule has 0 spiro atoms. The molecule has 3 nitrogen and oxygen atoms in total. The van der Waals surface area contributed by atoms with Crippen LogP contribution in [-0.2, 0) is 9.53 Å². The molecule has 0 aromatic heterocycles. The monoisotopic (exact) mass is 299 g/mol. The SMILES string of the molecule is CCCCCCCCCCCCOC(=O)C(N)CC(C)C. The van der Waals surface area contributed by atoms with Crippen LogP contribution in [0.5, 0.6) is 0 Å². The first-order valence-corrected chi connectivity index (χ1v) is 9.00. The molecule has 0 aliphatic rings. The van der Waals surface area contributed by atoms with E-state index in [1.54, 1.807) is 0 Å². The molecule has 1 atom stereocenters. The van der Waals surface area contributed by atoms with Crippen LogP contribution in [-0.4, -0.2) is 18.6 Å². The van der Waals surface area contributed by atoms with Crippen molar-refractivity contribution >= 4 is 5.97 Å². The van der Waals surface area contributed by atoms with Crippen LogP contribution in [0.3, 0.4) is 0 Å². The van der Waals surface area contributed by atoms with E-state index in [4.69, 9.17) is 10.5 Å². The third-order valence-electron chi connectivity index (χ3n) is 3.77. The van der Waals surface area contributed by atoms with E-state index in [2.05, 4.69) is 20.8 Å². The molecular formula is C18H37NO2. The largest absolute Gasteiger partial charge is 0.465 e. The number of rotatable bonds is 14. The highest BCUT2D eigenvalue weighted by Crippen LogP contribution is 2.10. The minimum Gasteiger partial charge on any atom is -0.465 e. The lowest BCUT2D eigenvalue weighted by Gasteiger charge is -2.13. The number of ether oxygens (including phenoxy) is 1. The van der Waals surface area contributed by atoms with Crippen LogP contribution >= 0.6 is 0 Å². The predicted molar refractivity (Wildman–Crippen MR) is 90.2 cm³/mol. The van der Waals surface area contributed by atoms with Gasteiger partial charge in [0, 0.05) is 0 Å². The molecule has 0 rings (SSSR count). The van der Waals surface area contributed by atoms with E-state index in [9.17, 15) is 4.79 Å². The Kier molecular flexibility index (Phi) is 14.0. The second-order valence-corrected chi connectivity index (χ2v) is 6.59. The fraction of sp³-hybridized carbons (Fsp3) is 0.944. The zero-order valence-electron chi connectivity index (χ0n) is 14.5. The summed E-state index contributed by atoms with van der Waals surface area (Å²) in [5.41, 5.74) is 5.77. The van der Waals surface area contributed by atoms with E-state index in [1.165, 1.54) is 51.4 Å². The van der Waals surface area contributed by atoms with Crippen LogP contribution in [0, 0.1) is 5.92 Å². The summed E-state index contributed by atoms with van der Waals surface area (Å²) in [6.45, 7) is 6.91. The number of hydrogen-bond acceptors (Lipinski definition) is 3. The van der Waals surface area contributed by atoms with Crippen LogP contribution in [0.1, 0.15) is 91.4 Å². The quantitative estimate of drug-likeness (QED) is 0.369. The van der Waals surface area contributed by atoms with Gasteiger partial charge in [0.1, 0.15) is 6.04 Å². The maximum atomic E-state index is 11.6. The average molecular weight is 299 g/mol. The Bertz CT molecular complexity index is 241. The van der Waals surface area contributed by atoms with Gasteiger partial charge in [-0.25, -0.2) is 0 Å². The van der Waals surface area contributed by atoms with Gasteiger partial charge in [0.2, 0.25) is 0 Å². The fourth-order valence-corrected chi connectivity index (χ4v) is 2.47. The average Bonchev–Trinajstić information content (AvgIpc) is 2.43. The van der Waals surface area contributed by atoms with Gasteiger partial charge in [-0.15, -0.1) is 0 Å². The highest BCUT2D eigenvalue weighted by Gasteiger charge is 2.15. The third kappa shape index (κ3) is 14.1. The minimum absolute atomic E-state index is 0.236. The molecule has 0 aliphatic heterocycles. The van der Waals surface area contributed by atoms with Crippen LogP contribution in [0.15, 0.2) is 0 Å². The molecule has 126 valence electrons. The van der Waals surface area contributed by atoms with Gasteiger partial charge in [0.15, 0.2) is 0 Å². The van der Waals surface area contributed by atoms with Crippen molar-refractivity contribution in [3.63, 3.8) is 0 Å². The Morgan fingerprint density at radius 1 is 0.905 bits per heavy atom. The molecule has 0 saturated heterocycles. The fourth-order valence-electron chi connectivity index (χ4n) is 2.47. The summed E-state index contributed by atoms with van der Waals surface area (Å²) in [5.74, 6) is 0.199. The van der Waals surface area contributed by atoms with Crippen molar-refractivity contribution < 1.29 is 9.53 Å². The number of unbranched alkanes of at least 4 members (excludes halogenated alkanes) is 9. The molecule has 3 heteroatoms. The second-order valence-electron chi connectivity index (χ2n) is 6.59. The van der Waals surface area contributed by atoms with Crippen molar-refractivity contribution in [3.05, 3.63) is 0 Å². The van der Waals surface area contributed by atoms with Gasteiger partial charge in [-0.2, -0.15) is 0 Å². The molecule has 0 radical (unpaired) electrons. The number of hydrogen-bond donors (Lipinski definition) is 1. The smallest absolute Gasteiger partial charge is 0.322 e. The van der Waals surface area contributed by atoms with Crippen LogP contribution < -0.4 is 5.73 Å². The minimum atomic E-state index is -0.451. The van der Waals surface area contributed by atoms with Crippen molar-refractivity contribution in [2.24, 2.45) is 11.7 Å². The molecule has 21 heavy (non-hydrogen) atoms. The summed E-state index contributed by atoms with van der Waals surface area (Å²) in [6, 6.07) is -0.451. The van der Waals surface area contributed by atoms with Gasteiger partial charge >= 0.3 is 5.97 Å². The van der Waals surface area contributed by atoms with Crippen molar-refractivity contribution in [1.82, 2.24) is 0 Å². The Morgan fingerprint density at radius 2 is 1.38 bits per heavy atom. The number of esters is 1. The number of carbonyl (C=O) groups is 1. The summed E-state index contributed by atoms with van der Waals surface area (Å²) < 4.78 is 5.21. The third-order valence-corrected chi connectivity index (χ3v) is 3.77. The Hall–Kier alpha value is -0.570. The maximum absolute atomic E-state index is 11.6. The first-order chi connectivity index (χ1) is 10.1. The van der Waals surface area contributed by atoms with E-state index in [0.29, 0.717) is 18.9 Å².